The van der Waals surface area contributed by atoms with Crippen LogP contribution < -0.4 is 5.32 Å². The number of esters is 1. The van der Waals surface area contributed by atoms with Gasteiger partial charge in [0.2, 0.25) is 5.91 Å². The quantitative estimate of drug-likeness (QED) is 0.0195. The molecule has 90 heavy (non-hydrogen) atoms. The van der Waals surface area contributed by atoms with Crippen LogP contribution in [0.15, 0.2) is 36.5 Å². The summed E-state index contributed by atoms with van der Waals surface area (Å²) in [5, 5.41) is 54.6. The van der Waals surface area contributed by atoms with Crippen LogP contribution in [-0.4, -0.2) is 100 Å². The lowest BCUT2D eigenvalue weighted by Gasteiger charge is -2.40. The number of carbonyl (C=O) groups is 2. The maximum absolute atomic E-state index is 13.1. The molecule has 1 heterocycles. The first-order valence-corrected chi connectivity index (χ1v) is 39.3. The molecule has 1 fully saturated rings. The standard InChI is InChI=1S/C79H149NO10/c1-3-5-7-9-11-13-15-16-42-46-49-53-57-61-65-72(82)71(70-89-79-78(87)77(86)76(85)73(69-81)90-79)80-74(83)66-62-58-54-50-47-43-40-38-36-34-32-30-28-26-24-22-20-18-17-19-21-23-25-27-29-31-33-35-37-39-41-44-48-52-56-60-64-68-88-75(84)67-63-59-55-51-45-14-12-10-8-6-4-2/h17,19,46,49,61,65,71-73,76-79,81-82,85-87H,3-16,18,20-45,47-48,50-60,62-64,66-70H2,1-2H3,(H,80,83)/b19-17-,49-46+,65-61+. The molecular formula is C79H149NO10. The first-order valence-electron chi connectivity index (χ1n) is 39.3. The van der Waals surface area contributed by atoms with E-state index in [-0.39, 0.29) is 18.5 Å². The van der Waals surface area contributed by atoms with Crippen LogP contribution in [0.2, 0.25) is 0 Å². The normalized spacial score (nSPS) is 17.8. The summed E-state index contributed by atoms with van der Waals surface area (Å²) in [6.45, 7) is 4.37. The van der Waals surface area contributed by atoms with Gasteiger partial charge in [-0.25, -0.2) is 0 Å². The van der Waals surface area contributed by atoms with Gasteiger partial charge in [-0.2, -0.15) is 0 Å². The molecule has 0 spiro atoms. The molecule has 0 aromatic heterocycles. The zero-order valence-electron chi connectivity index (χ0n) is 59.1. The molecule has 0 radical (unpaired) electrons. The Labute approximate surface area is 555 Å². The van der Waals surface area contributed by atoms with Gasteiger partial charge in [0.25, 0.3) is 0 Å². The van der Waals surface area contributed by atoms with E-state index in [0.717, 1.165) is 51.4 Å². The number of hydrogen-bond donors (Lipinski definition) is 6. The maximum atomic E-state index is 13.1. The van der Waals surface area contributed by atoms with Gasteiger partial charge in [-0.15, -0.1) is 0 Å². The van der Waals surface area contributed by atoms with E-state index in [1.165, 1.54) is 315 Å². The fourth-order valence-electron chi connectivity index (χ4n) is 12.6. The van der Waals surface area contributed by atoms with Crippen molar-refractivity contribution in [2.24, 2.45) is 0 Å². The topological polar surface area (TPSA) is 175 Å². The molecule has 0 saturated carbocycles. The van der Waals surface area contributed by atoms with Crippen molar-refractivity contribution in [3.05, 3.63) is 36.5 Å². The smallest absolute Gasteiger partial charge is 0.305 e. The molecule has 530 valence electrons. The van der Waals surface area contributed by atoms with E-state index in [0.29, 0.717) is 19.4 Å². The van der Waals surface area contributed by atoms with Crippen LogP contribution >= 0.6 is 0 Å². The average Bonchev–Trinajstić information content (AvgIpc) is 1.17. The SMILES string of the molecule is CCCCCCCCCC/C=C/CC/C=C/C(O)C(COC1OC(CO)C(O)C(O)C1O)NC(=O)CCCCCCCCCCCCCCCCCCC/C=C\CCCCCCCCCCCCCCCCCCOC(=O)CCCCCCCCCCCCC. The van der Waals surface area contributed by atoms with Gasteiger partial charge in [0.1, 0.15) is 24.4 Å². The van der Waals surface area contributed by atoms with E-state index in [4.69, 9.17) is 14.2 Å². The molecule has 0 aromatic carbocycles. The van der Waals surface area contributed by atoms with Gasteiger partial charge in [-0.3, -0.25) is 9.59 Å². The lowest BCUT2D eigenvalue weighted by molar-refractivity contribution is -0.302. The molecule has 1 amide bonds. The van der Waals surface area contributed by atoms with Gasteiger partial charge in [-0.1, -0.05) is 346 Å². The number of rotatable bonds is 70. The summed E-state index contributed by atoms with van der Waals surface area (Å²) in [4.78, 5) is 25.1. The van der Waals surface area contributed by atoms with Crippen LogP contribution in [-0.2, 0) is 23.8 Å². The summed E-state index contributed by atoms with van der Waals surface area (Å²) in [7, 11) is 0. The predicted molar refractivity (Wildman–Crippen MR) is 380 cm³/mol. The highest BCUT2D eigenvalue weighted by molar-refractivity contribution is 5.76. The number of ether oxygens (including phenoxy) is 3. The fraction of sp³-hybridized carbons (Fsp3) is 0.899. The lowest BCUT2D eigenvalue weighted by atomic mass is 9.99. The summed E-state index contributed by atoms with van der Waals surface area (Å²) >= 11 is 0. The predicted octanol–water partition coefficient (Wildman–Crippen LogP) is 20.9. The van der Waals surface area contributed by atoms with Gasteiger partial charge in [0.05, 0.1) is 32.0 Å². The van der Waals surface area contributed by atoms with Crippen LogP contribution in [0.25, 0.3) is 0 Å². The molecule has 1 rings (SSSR count). The minimum atomic E-state index is -1.57. The number of unbranched alkanes of at least 4 members (excludes halogenated alkanes) is 52. The van der Waals surface area contributed by atoms with Crippen molar-refractivity contribution in [2.75, 3.05) is 19.8 Å². The van der Waals surface area contributed by atoms with Crippen LogP contribution in [0.1, 0.15) is 393 Å². The Bertz CT molecular complexity index is 1590. The van der Waals surface area contributed by atoms with E-state index in [1.54, 1.807) is 6.08 Å². The van der Waals surface area contributed by atoms with Gasteiger partial charge >= 0.3 is 5.97 Å². The second kappa shape index (κ2) is 68.3. The third-order valence-corrected chi connectivity index (χ3v) is 18.7. The Morgan fingerprint density at radius 2 is 0.722 bits per heavy atom. The number of amides is 1. The van der Waals surface area contributed by atoms with E-state index in [1.807, 2.05) is 6.08 Å². The van der Waals surface area contributed by atoms with Crippen molar-refractivity contribution in [3.63, 3.8) is 0 Å². The molecule has 11 nitrogen and oxygen atoms in total. The summed E-state index contributed by atoms with van der Waals surface area (Å²) in [5.74, 6) is -0.170. The number of nitrogens with one attached hydrogen (secondary N) is 1. The molecule has 0 aromatic rings. The highest BCUT2D eigenvalue weighted by Gasteiger charge is 2.44. The summed E-state index contributed by atoms with van der Waals surface area (Å²) in [6.07, 6.45) is 78.9. The number of aliphatic hydroxyl groups excluding tert-OH is 5. The molecule has 1 saturated heterocycles. The average molecular weight is 1270 g/mol. The Morgan fingerprint density at radius 3 is 1.10 bits per heavy atom. The van der Waals surface area contributed by atoms with Crippen LogP contribution in [0.5, 0.6) is 0 Å². The molecule has 0 bridgehead atoms. The highest BCUT2D eigenvalue weighted by atomic mass is 16.7. The number of hydrogen-bond acceptors (Lipinski definition) is 10. The van der Waals surface area contributed by atoms with Crippen LogP contribution in [0.4, 0.5) is 0 Å². The van der Waals surface area contributed by atoms with Gasteiger partial charge in [0.15, 0.2) is 6.29 Å². The Kier molecular flexibility index (Phi) is 65.2. The van der Waals surface area contributed by atoms with Gasteiger partial charge < -0.3 is 45.1 Å². The summed E-state index contributed by atoms with van der Waals surface area (Å²) in [6, 6.07) is -0.825. The Morgan fingerprint density at radius 1 is 0.400 bits per heavy atom. The first-order chi connectivity index (χ1) is 44.2. The fourth-order valence-corrected chi connectivity index (χ4v) is 12.6. The van der Waals surface area contributed by atoms with E-state index < -0.39 is 49.5 Å². The maximum Gasteiger partial charge on any atom is 0.305 e. The van der Waals surface area contributed by atoms with Crippen molar-refractivity contribution in [2.45, 2.75) is 436 Å². The third-order valence-electron chi connectivity index (χ3n) is 18.7. The molecular weight excluding hydrogens is 1120 g/mol. The third kappa shape index (κ3) is 56.2. The molecule has 6 N–H and O–H groups in total. The highest BCUT2D eigenvalue weighted by Crippen LogP contribution is 2.24. The van der Waals surface area contributed by atoms with Crippen molar-refractivity contribution in [3.8, 4) is 0 Å². The minimum absolute atomic E-state index is 0.0153. The Hall–Kier alpha value is -2.12. The second-order valence-corrected chi connectivity index (χ2v) is 27.4. The lowest BCUT2D eigenvalue weighted by Crippen LogP contribution is -2.60. The molecule has 11 heteroatoms. The number of aliphatic hydroxyl groups is 5. The van der Waals surface area contributed by atoms with E-state index >= 15 is 0 Å². The molecule has 1 aliphatic rings. The first kappa shape index (κ1) is 85.9. The zero-order chi connectivity index (χ0) is 65.1. The van der Waals surface area contributed by atoms with E-state index in [2.05, 4.69) is 43.5 Å². The summed E-state index contributed by atoms with van der Waals surface area (Å²) in [5.41, 5.74) is 0. The second-order valence-electron chi connectivity index (χ2n) is 27.4. The monoisotopic (exact) mass is 1270 g/mol. The van der Waals surface area contributed by atoms with Crippen molar-refractivity contribution >= 4 is 11.9 Å². The zero-order valence-corrected chi connectivity index (χ0v) is 59.1. The van der Waals surface area contributed by atoms with E-state index in [9.17, 15) is 35.1 Å². The Balaban J connectivity index is 1.93. The van der Waals surface area contributed by atoms with Gasteiger partial charge in [0, 0.05) is 12.8 Å². The van der Waals surface area contributed by atoms with Crippen LogP contribution in [0.3, 0.4) is 0 Å². The van der Waals surface area contributed by atoms with Crippen molar-refractivity contribution in [1.82, 2.24) is 5.32 Å². The van der Waals surface area contributed by atoms with Crippen molar-refractivity contribution < 1.29 is 49.3 Å². The molecule has 0 aliphatic carbocycles. The largest absolute Gasteiger partial charge is 0.466 e. The molecule has 7 unspecified atom stereocenters. The summed E-state index contributed by atoms with van der Waals surface area (Å²) < 4.78 is 16.7. The molecule has 7 atom stereocenters. The van der Waals surface area contributed by atoms with Crippen LogP contribution in [0, 0.1) is 0 Å². The minimum Gasteiger partial charge on any atom is -0.466 e. The molecule has 1 aliphatic heterocycles. The van der Waals surface area contributed by atoms with Gasteiger partial charge in [-0.05, 0) is 70.6 Å². The van der Waals surface area contributed by atoms with Crippen molar-refractivity contribution in [1.29, 1.82) is 0 Å². The number of carbonyl (C=O) groups excluding carboxylic acids is 2. The number of allylic oxidation sites excluding steroid dienone is 5.